The Labute approximate surface area is 189 Å². The Bertz CT molecular complexity index is 805. The summed E-state index contributed by atoms with van der Waals surface area (Å²) in [5.74, 6) is -0.946. The molecule has 0 radical (unpaired) electrons. The van der Waals surface area contributed by atoms with E-state index in [9.17, 15) is 14.4 Å². The van der Waals surface area contributed by atoms with Crippen LogP contribution in [0.3, 0.4) is 0 Å². The number of benzene rings is 1. The third kappa shape index (κ3) is 6.85. The number of hydrogen-bond donors (Lipinski definition) is 2. The van der Waals surface area contributed by atoms with Gasteiger partial charge in [-0.25, -0.2) is 4.79 Å². The second kappa shape index (κ2) is 10.2. The number of hydrogen-bond acceptors (Lipinski definition) is 6. The van der Waals surface area contributed by atoms with Crippen molar-refractivity contribution < 1.29 is 24.2 Å². The first-order valence-electron chi connectivity index (χ1n) is 11.2. The van der Waals surface area contributed by atoms with Gasteiger partial charge in [-0.05, 0) is 71.0 Å². The molecule has 9 heteroatoms. The van der Waals surface area contributed by atoms with E-state index >= 15 is 0 Å². The number of carboxylic acid groups (broad SMARTS) is 1. The van der Waals surface area contributed by atoms with Gasteiger partial charge in [0.2, 0.25) is 5.91 Å². The van der Waals surface area contributed by atoms with Gasteiger partial charge in [0.1, 0.15) is 5.60 Å². The number of ether oxygens (including phenoxy) is 1. The molecule has 0 atom stereocenters. The van der Waals surface area contributed by atoms with Gasteiger partial charge in [0.05, 0.1) is 6.54 Å². The third-order valence-electron chi connectivity index (χ3n) is 5.75. The van der Waals surface area contributed by atoms with Crippen LogP contribution in [0, 0.1) is 5.92 Å². The predicted molar refractivity (Wildman–Crippen MR) is 122 cm³/mol. The number of nitrogens with zero attached hydrogens (tertiary/aromatic N) is 3. The van der Waals surface area contributed by atoms with E-state index in [0.717, 1.165) is 24.5 Å². The van der Waals surface area contributed by atoms with Crippen molar-refractivity contribution in [3.05, 3.63) is 24.3 Å². The number of carbonyl (C=O) groups is 3. The van der Waals surface area contributed by atoms with Gasteiger partial charge < -0.3 is 25.0 Å². The zero-order valence-corrected chi connectivity index (χ0v) is 19.2. The predicted octanol–water partition coefficient (Wildman–Crippen LogP) is 2.48. The van der Waals surface area contributed by atoms with Crippen LogP contribution in [0.2, 0.25) is 0 Å². The molecule has 0 bridgehead atoms. The van der Waals surface area contributed by atoms with E-state index < -0.39 is 11.6 Å². The van der Waals surface area contributed by atoms with Gasteiger partial charge in [-0.2, -0.15) is 0 Å². The fourth-order valence-electron chi connectivity index (χ4n) is 4.02. The molecular formula is C23H34N4O5. The van der Waals surface area contributed by atoms with Crippen LogP contribution in [0.25, 0.3) is 0 Å². The molecule has 3 rings (SSSR count). The summed E-state index contributed by atoms with van der Waals surface area (Å²) in [5.41, 5.74) is 1.30. The molecule has 2 amide bonds. The van der Waals surface area contributed by atoms with Crippen LogP contribution in [0.5, 0.6) is 0 Å². The Morgan fingerprint density at radius 3 is 2.12 bits per heavy atom. The van der Waals surface area contributed by atoms with E-state index in [-0.39, 0.29) is 24.5 Å². The molecular weight excluding hydrogens is 412 g/mol. The number of carbonyl (C=O) groups excluding carboxylic acids is 2. The van der Waals surface area contributed by atoms with Gasteiger partial charge in [-0.3, -0.25) is 14.5 Å². The second-order valence-electron chi connectivity index (χ2n) is 9.43. The molecule has 2 fully saturated rings. The fraction of sp³-hybridized carbons (Fsp3) is 0.609. The van der Waals surface area contributed by atoms with Crippen LogP contribution in [-0.4, -0.2) is 84.3 Å². The van der Waals surface area contributed by atoms with Crippen molar-refractivity contribution in [3.63, 3.8) is 0 Å². The molecule has 2 aliphatic heterocycles. The van der Waals surface area contributed by atoms with Crippen LogP contribution >= 0.6 is 0 Å². The smallest absolute Gasteiger partial charge is 0.410 e. The first-order valence-corrected chi connectivity index (χ1v) is 11.2. The Morgan fingerprint density at radius 1 is 1.00 bits per heavy atom. The number of piperazine rings is 1. The van der Waals surface area contributed by atoms with Crippen LogP contribution in [0.15, 0.2) is 24.3 Å². The molecule has 1 aromatic carbocycles. The maximum Gasteiger partial charge on any atom is 0.410 e. The average molecular weight is 447 g/mol. The monoisotopic (exact) mass is 446 g/mol. The van der Waals surface area contributed by atoms with Gasteiger partial charge >= 0.3 is 12.1 Å². The van der Waals surface area contributed by atoms with Crippen molar-refractivity contribution in [3.8, 4) is 0 Å². The summed E-state index contributed by atoms with van der Waals surface area (Å²) in [4.78, 5) is 41.4. The topological polar surface area (TPSA) is 102 Å². The Hall–Kier alpha value is -2.81. The van der Waals surface area contributed by atoms with Gasteiger partial charge in [0.15, 0.2) is 0 Å². The lowest BCUT2D eigenvalue weighted by Gasteiger charge is -2.36. The number of rotatable bonds is 5. The van der Waals surface area contributed by atoms with Gasteiger partial charge in [-0.1, -0.05) is 0 Å². The number of amides is 2. The zero-order chi connectivity index (χ0) is 23.3. The molecule has 0 aromatic heterocycles. The summed E-state index contributed by atoms with van der Waals surface area (Å²) in [6.07, 6.45) is 1.06. The van der Waals surface area contributed by atoms with Crippen molar-refractivity contribution in [2.75, 3.05) is 56.0 Å². The standard InChI is InChI=1S/C23H34N4O5/c1-23(2,3)32-22(31)27-14-12-26(13-15-27)19-6-4-18(5-7-19)24-21(30)17-8-10-25(11-9-17)16-20(28)29/h4-7,17H,8-16H2,1-3H3,(H,24,30)(H,28,29). The number of carboxylic acids is 1. The highest BCUT2D eigenvalue weighted by Gasteiger charge is 2.27. The van der Waals surface area contributed by atoms with Crippen molar-refractivity contribution >= 4 is 29.3 Å². The van der Waals surface area contributed by atoms with Crippen LogP contribution in [0.1, 0.15) is 33.6 Å². The van der Waals surface area contributed by atoms with E-state index in [4.69, 9.17) is 9.84 Å². The van der Waals surface area contributed by atoms with E-state index in [1.165, 1.54) is 0 Å². The van der Waals surface area contributed by atoms with Crippen LogP contribution in [-0.2, 0) is 14.3 Å². The first-order chi connectivity index (χ1) is 15.1. The summed E-state index contributed by atoms with van der Waals surface area (Å²) in [7, 11) is 0. The number of likely N-dealkylation sites (tertiary alicyclic amines) is 1. The summed E-state index contributed by atoms with van der Waals surface area (Å²) in [6, 6.07) is 7.75. The molecule has 0 aliphatic carbocycles. The molecule has 2 aliphatic rings. The Kier molecular flexibility index (Phi) is 7.60. The molecule has 0 spiro atoms. The fourth-order valence-corrected chi connectivity index (χ4v) is 4.02. The minimum Gasteiger partial charge on any atom is -0.480 e. The van der Waals surface area contributed by atoms with Crippen molar-refractivity contribution in [2.24, 2.45) is 5.92 Å². The van der Waals surface area contributed by atoms with E-state index in [0.29, 0.717) is 39.0 Å². The van der Waals surface area contributed by atoms with Gasteiger partial charge in [0, 0.05) is 43.5 Å². The lowest BCUT2D eigenvalue weighted by Crippen LogP contribution is -2.50. The second-order valence-corrected chi connectivity index (χ2v) is 9.43. The van der Waals surface area contributed by atoms with E-state index in [2.05, 4.69) is 10.2 Å². The minimum atomic E-state index is -0.834. The van der Waals surface area contributed by atoms with Crippen LogP contribution < -0.4 is 10.2 Å². The van der Waals surface area contributed by atoms with E-state index in [1.54, 1.807) is 4.90 Å². The molecule has 9 nitrogen and oxygen atoms in total. The Morgan fingerprint density at radius 2 is 1.59 bits per heavy atom. The molecule has 0 saturated carbocycles. The SMILES string of the molecule is CC(C)(C)OC(=O)N1CCN(c2ccc(NC(=O)C3CCN(CC(=O)O)CC3)cc2)CC1. The quantitative estimate of drug-likeness (QED) is 0.716. The summed E-state index contributed by atoms with van der Waals surface area (Å²) < 4.78 is 5.44. The largest absolute Gasteiger partial charge is 0.480 e. The molecule has 2 saturated heterocycles. The lowest BCUT2D eigenvalue weighted by molar-refractivity contribution is -0.138. The number of anilines is 2. The number of aliphatic carboxylic acids is 1. The molecule has 2 N–H and O–H groups in total. The highest BCUT2D eigenvalue weighted by atomic mass is 16.6. The number of piperidine rings is 1. The van der Waals surface area contributed by atoms with Crippen molar-refractivity contribution in [1.29, 1.82) is 0 Å². The molecule has 1 aromatic rings. The van der Waals surface area contributed by atoms with Gasteiger partial charge in [-0.15, -0.1) is 0 Å². The first kappa shape index (κ1) is 23.8. The summed E-state index contributed by atoms with van der Waals surface area (Å²) in [5, 5.41) is 11.9. The highest BCUT2D eigenvalue weighted by molar-refractivity contribution is 5.92. The summed E-state index contributed by atoms with van der Waals surface area (Å²) >= 11 is 0. The summed E-state index contributed by atoms with van der Waals surface area (Å²) in [6.45, 7) is 9.53. The van der Waals surface area contributed by atoms with Gasteiger partial charge in [0.25, 0.3) is 0 Å². The van der Waals surface area contributed by atoms with Crippen molar-refractivity contribution in [2.45, 2.75) is 39.2 Å². The van der Waals surface area contributed by atoms with E-state index in [1.807, 2.05) is 49.9 Å². The number of nitrogens with one attached hydrogen (secondary N) is 1. The molecule has 32 heavy (non-hydrogen) atoms. The highest BCUT2D eigenvalue weighted by Crippen LogP contribution is 2.23. The molecule has 0 unspecified atom stereocenters. The molecule has 176 valence electrons. The molecule has 2 heterocycles. The van der Waals surface area contributed by atoms with Crippen LogP contribution in [0.4, 0.5) is 16.2 Å². The zero-order valence-electron chi connectivity index (χ0n) is 19.2. The lowest BCUT2D eigenvalue weighted by atomic mass is 9.96. The maximum atomic E-state index is 12.6. The maximum absolute atomic E-state index is 12.6. The third-order valence-corrected chi connectivity index (χ3v) is 5.75. The average Bonchev–Trinajstić information content (AvgIpc) is 2.73. The Balaban J connectivity index is 1.45. The minimum absolute atomic E-state index is 0.0151. The normalized spacial score (nSPS) is 18.3. The van der Waals surface area contributed by atoms with Crippen molar-refractivity contribution in [1.82, 2.24) is 9.80 Å².